The molecule has 0 atom stereocenters. The summed E-state index contributed by atoms with van der Waals surface area (Å²) < 4.78 is 5.08. The molecule has 7 heteroatoms. The van der Waals surface area contributed by atoms with E-state index in [-0.39, 0.29) is 29.6 Å². The number of aliphatic hydroxyl groups excluding tert-OH is 1. The molecule has 0 bridgehead atoms. The van der Waals surface area contributed by atoms with E-state index in [2.05, 4.69) is 34.5 Å². The zero-order chi connectivity index (χ0) is 21.1. The Morgan fingerprint density at radius 1 is 1.07 bits per heavy atom. The highest BCUT2D eigenvalue weighted by atomic mass is 16.6. The van der Waals surface area contributed by atoms with Crippen LogP contribution in [0.3, 0.4) is 0 Å². The molecule has 2 aliphatic carbocycles. The molecule has 1 aliphatic heterocycles. The van der Waals surface area contributed by atoms with E-state index in [1.165, 1.54) is 0 Å². The minimum absolute atomic E-state index is 0.139. The van der Waals surface area contributed by atoms with Crippen LogP contribution in [0.25, 0.3) is 0 Å². The second-order valence-corrected chi connectivity index (χ2v) is 8.78. The highest BCUT2D eigenvalue weighted by molar-refractivity contribution is 5.91. The summed E-state index contributed by atoms with van der Waals surface area (Å²) in [6.07, 6.45) is 4.62. The van der Waals surface area contributed by atoms with E-state index >= 15 is 0 Å². The molecule has 2 amide bonds. The van der Waals surface area contributed by atoms with Crippen LogP contribution in [0.4, 0.5) is 10.5 Å². The van der Waals surface area contributed by atoms with Crippen LogP contribution in [0.1, 0.15) is 51.0 Å². The molecule has 3 aliphatic rings. The Kier molecular flexibility index (Phi) is 6.18. The monoisotopic (exact) mass is 415 g/mol. The van der Waals surface area contributed by atoms with Gasteiger partial charge in [-0.05, 0) is 63.1 Å². The first-order chi connectivity index (χ1) is 14.5. The third-order valence-corrected chi connectivity index (χ3v) is 6.81. The van der Waals surface area contributed by atoms with E-state index in [0.29, 0.717) is 19.7 Å². The molecule has 3 fully saturated rings. The van der Waals surface area contributed by atoms with E-state index in [1.807, 2.05) is 6.92 Å². The van der Waals surface area contributed by atoms with Gasteiger partial charge in [-0.25, -0.2) is 4.79 Å². The van der Waals surface area contributed by atoms with Gasteiger partial charge >= 0.3 is 6.09 Å². The van der Waals surface area contributed by atoms with Crippen molar-refractivity contribution in [3.63, 3.8) is 0 Å². The molecule has 1 aromatic carbocycles. The van der Waals surface area contributed by atoms with E-state index in [9.17, 15) is 14.7 Å². The second kappa shape index (κ2) is 8.84. The quantitative estimate of drug-likeness (QED) is 0.772. The van der Waals surface area contributed by atoms with Crippen LogP contribution in [-0.4, -0.2) is 66.9 Å². The molecule has 2 saturated carbocycles. The number of carbonyl (C=O) groups is 2. The second-order valence-electron chi connectivity index (χ2n) is 8.78. The number of rotatable bonds is 5. The minimum Gasteiger partial charge on any atom is -0.450 e. The average molecular weight is 416 g/mol. The first-order valence-electron chi connectivity index (χ1n) is 11.3. The predicted molar refractivity (Wildman–Crippen MR) is 115 cm³/mol. The van der Waals surface area contributed by atoms with Crippen molar-refractivity contribution in [2.45, 2.75) is 63.0 Å². The van der Waals surface area contributed by atoms with E-state index in [1.54, 1.807) is 4.90 Å². The fourth-order valence-corrected chi connectivity index (χ4v) is 4.67. The lowest BCUT2D eigenvalue weighted by Crippen LogP contribution is -2.49. The summed E-state index contributed by atoms with van der Waals surface area (Å²) in [5.41, 5.74) is 1.83. The Morgan fingerprint density at radius 3 is 2.27 bits per heavy atom. The minimum atomic E-state index is -0.378. The van der Waals surface area contributed by atoms with E-state index in [0.717, 1.165) is 62.9 Å². The van der Waals surface area contributed by atoms with Crippen LogP contribution in [0, 0.1) is 0 Å². The Labute approximate surface area is 178 Å². The summed E-state index contributed by atoms with van der Waals surface area (Å²) in [5.74, 6) is 0.139. The normalized spacial score (nSPS) is 25.5. The van der Waals surface area contributed by atoms with Crippen LogP contribution >= 0.6 is 0 Å². The van der Waals surface area contributed by atoms with Crippen molar-refractivity contribution in [1.82, 2.24) is 10.2 Å². The van der Waals surface area contributed by atoms with Gasteiger partial charge in [0.05, 0.1) is 18.1 Å². The zero-order valence-electron chi connectivity index (χ0n) is 17.8. The first-order valence-corrected chi connectivity index (χ1v) is 11.3. The molecule has 0 spiro atoms. The summed E-state index contributed by atoms with van der Waals surface area (Å²) in [4.78, 5) is 28.9. The number of hydrogen-bond acceptors (Lipinski definition) is 5. The number of hydrogen-bond donors (Lipinski definition) is 2. The third-order valence-electron chi connectivity index (χ3n) is 6.81. The van der Waals surface area contributed by atoms with Gasteiger partial charge in [0.1, 0.15) is 0 Å². The smallest absolute Gasteiger partial charge is 0.409 e. The van der Waals surface area contributed by atoms with Gasteiger partial charge in [0.2, 0.25) is 5.91 Å². The molecule has 0 aromatic heterocycles. The van der Waals surface area contributed by atoms with Crippen LogP contribution in [-0.2, 0) is 14.9 Å². The van der Waals surface area contributed by atoms with Gasteiger partial charge in [0.15, 0.2) is 0 Å². The van der Waals surface area contributed by atoms with Crippen molar-refractivity contribution in [3.8, 4) is 0 Å². The zero-order valence-corrected chi connectivity index (χ0v) is 17.8. The van der Waals surface area contributed by atoms with Crippen LogP contribution < -0.4 is 10.2 Å². The topological polar surface area (TPSA) is 82.1 Å². The molecular weight excluding hydrogens is 382 g/mol. The van der Waals surface area contributed by atoms with Gasteiger partial charge in [-0.3, -0.25) is 4.79 Å². The maximum absolute atomic E-state index is 13.0. The molecule has 30 heavy (non-hydrogen) atoms. The fraction of sp³-hybridized carbons (Fsp3) is 0.652. The molecule has 1 aromatic rings. The molecule has 164 valence electrons. The Balaban J connectivity index is 1.33. The highest BCUT2D eigenvalue weighted by Gasteiger charge is 2.51. The number of piperazine rings is 1. The Hall–Kier alpha value is -2.28. The number of aliphatic hydroxyl groups is 1. The molecule has 2 N–H and O–H groups in total. The van der Waals surface area contributed by atoms with Crippen molar-refractivity contribution in [2.75, 3.05) is 37.7 Å². The first kappa shape index (κ1) is 21.0. The number of nitrogens with zero attached hydrogens (tertiary/aromatic N) is 2. The van der Waals surface area contributed by atoms with E-state index < -0.39 is 0 Å². The van der Waals surface area contributed by atoms with Gasteiger partial charge in [-0.1, -0.05) is 12.1 Å². The van der Waals surface area contributed by atoms with Crippen molar-refractivity contribution < 1.29 is 19.4 Å². The van der Waals surface area contributed by atoms with Gasteiger partial charge in [0.25, 0.3) is 0 Å². The number of amides is 2. The lowest BCUT2D eigenvalue weighted by atomic mass is 9.90. The molecule has 7 nitrogen and oxygen atoms in total. The lowest BCUT2D eigenvalue weighted by molar-refractivity contribution is -0.124. The summed E-state index contributed by atoms with van der Waals surface area (Å²) in [6, 6.07) is 8.56. The van der Waals surface area contributed by atoms with Gasteiger partial charge in [0, 0.05) is 37.9 Å². The summed E-state index contributed by atoms with van der Waals surface area (Å²) in [5, 5.41) is 12.9. The van der Waals surface area contributed by atoms with Crippen LogP contribution in [0.2, 0.25) is 0 Å². The van der Waals surface area contributed by atoms with Crippen molar-refractivity contribution in [3.05, 3.63) is 29.8 Å². The van der Waals surface area contributed by atoms with Gasteiger partial charge < -0.3 is 25.0 Å². The Morgan fingerprint density at radius 2 is 1.70 bits per heavy atom. The van der Waals surface area contributed by atoms with Crippen molar-refractivity contribution in [2.24, 2.45) is 0 Å². The maximum Gasteiger partial charge on any atom is 0.409 e. The molecule has 4 rings (SSSR count). The standard InChI is InChI=1S/C23H33N3O4/c1-2-30-22(29)26-15-13-25(14-16-26)19-7-3-17(4-8-19)23(11-12-23)21(28)24-18-5-9-20(27)10-6-18/h3-4,7-8,18,20,27H,2,5-6,9-16H2,1H3,(H,24,28). The summed E-state index contributed by atoms with van der Waals surface area (Å²) in [7, 11) is 0. The summed E-state index contributed by atoms with van der Waals surface area (Å²) in [6.45, 7) is 5.08. The molecule has 1 saturated heterocycles. The number of ether oxygens (including phenoxy) is 1. The largest absolute Gasteiger partial charge is 0.450 e. The highest BCUT2D eigenvalue weighted by Crippen LogP contribution is 2.49. The Bertz CT molecular complexity index is 746. The van der Waals surface area contributed by atoms with Crippen molar-refractivity contribution in [1.29, 1.82) is 0 Å². The molecular formula is C23H33N3O4. The lowest BCUT2D eigenvalue weighted by Gasteiger charge is -2.35. The average Bonchev–Trinajstić information content (AvgIpc) is 3.58. The molecule has 1 heterocycles. The van der Waals surface area contributed by atoms with Crippen LogP contribution in [0.15, 0.2) is 24.3 Å². The van der Waals surface area contributed by atoms with Gasteiger partial charge in [-0.15, -0.1) is 0 Å². The predicted octanol–water partition coefficient (Wildman–Crippen LogP) is 2.42. The van der Waals surface area contributed by atoms with Gasteiger partial charge in [-0.2, -0.15) is 0 Å². The fourth-order valence-electron chi connectivity index (χ4n) is 4.67. The van der Waals surface area contributed by atoms with E-state index in [4.69, 9.17) is 4.74 Å². The number of benzene rings is 1. The number of anilines is 1. The number of carbonyl (C=O) groups excluding carboxylic acids is 2. The number of nitrogens with one attached hydrogen (secondary N) is 1. The molecule has 0 unspecified atom stereocenters. The van der Waals surface area contributed by atoms with Crippen LogP contribution in [0.5, 0.6) is 0 Å². The third kappa shape index (κ3) is 4.41. The summed E-state index contributed by atoms with van der Waals surface area (Å²) >= 11 is 0. The molecule has 0 radical (unpaired) electrons. The van der Waals surface area contributed by atoms with Crippen molar-refractivity contribution >= 4 is 17.7 Å². The maximum atomic E-state index is 13.0. The SMILES string of the molecule is CCOC(=O)N1CCN(c2ccc(C3(C(=O)NC4CCC(O)CC4)CC3)cc2)CC1.